The molecule has 4 heteroatoms. The van der Waals surface area contributed by atoms with Crippen LogP contribution in [0.5, 0.6) is 0 Å². The molecule has 0 aromatic heterocycles. The van der Waals surface area contributed by atoms with Crippen LogP contribution in [0.15, 0.2) is 46.9 Å². The van der Waals surface area contributed by atoms with E-state index in [9.17, 15) is 10.1 Å². The molecule has 0 heterocycles. The number of nitrogens with zero attached hydrogens (tertiary/aromatic N) is 1. The summed E-state index contributed by atoms with van der Waals surface area (Å²) in [6.45, 7) is 1.75. The van der Waals surface area contributed by atoms with Gasteiger partial charge in [0.25, 0.3) is 5.69 Å². The molecular weight excluding hydrogens is 282 g/mol. The molecule has 0 atom stereocenters. The van der Waals surface area contributed by atoms with E-state index >= 15 is 0 Å². The lowest BCUT2D eigenvalue weighted by Gasteiger charge is -2.05. The van der Waals surface area contributed by atoms with Crippen LogP contribution < -0.4 is 0 Å². The van der Waals surface area contributed by atoms with Crippen molar-refractivity contribution in [3.05, 3.63) is 62.6 Å². The zero-order valence-corrected chi connectivity index (χ0v) is 10.8. The fraction of sp³-hybridized carbons (Fsp3) is 0.0769. The van der Waals surface area contributed by atoms with Crippen molar-refractivity contribution in [2.24, 2.45) is 0 Å². The maximum atomic E-state index is 11.1. The minimum Gasteiger partial charge on any atom is -0.258 e. The van der Waals surface area contributed by atoms with Gasteiger partial charge < -0.3 is 0 Å². The number of nitro benzene ring substituents is 1. The largest absolute Gasteiger partial charge is 0.280 e. The summed E-state index contributed by atoms with van der Waals surface area (Å²) in [6, 6.07) is 12.8. The van der Waals surface area contributed by atoms with Crippen molar-refractivity contribution in [1.82, 2.24) is 0 Å². The van der Waals surface area contributed by atoms with Crippen molar-refractivity contribution < 1.29 is 4.92 Å². The van der Waals surface area contributed by atoms with Gasteiger partial charge in [-0.15, -0.1) is 0 Å². The molecule has 0 bridgehead atoms. The Bertz CT molecular complexity index is 564. The average molecular weight is 292 g/mol. The van der Waals surface area contributed by atoms with Crippen molar-refractivity contribution in [3.8, 4) is 11.1 Å². The van der Waals surface area contributed by atoms with E-state index in [0.29, 0.717) is 11.1 Å². The summed E-state index contributed by atoms with van der Waals surface area (Å²) < 4.78 is 0.955. The van der Waals surface area contributed by atoms with E-state index in [1.165, 1.54) is 0 Å². The van der Waals surface area contributed by atoms with Gasteiger partial charge in [-0.1, -0.05) is 40.2 Å². The fourth-order valence-corrected chi connectivity index (χ4v) is 2.03. The summed E-state index contributed by atoms with van der Waals surface area (Å²) in [5, 5.41) is 11.1. The Kier molecular flexibility index (Phi) is 3.24. The standard InChI is InChI=1S/C13H10BrNO2/c1-9-3-2-4-12(13(9)15(16)17)10-5-7-11(14)8-6-10/h2-8H,1H3. The third kappa shape index (κ3) is 2.36. The number of rotatable bonds is 2. The quantitative estimate of drug-likeness (QED) is 0.610. The molecule has 0 aliphatic rings. The zero-order chi connectivity index (χ0) is 12.4. The second kappa shape index (κ2) is 4.67. The maximum absolute atomic E-state index is 11.1. The number of aryl methyl sites for hydroxylation is 1. The molecular formula is C13H10BrNO2. The smallest absolute Gasteiger partial charge is 0.258 e. The monoisotopic (exact) mass is 291 g/mol. The first kappa shape index (κ1) is 11.8. The van der Waals surface area contributed by atoms with E-state index in [2.05, 4.69) is 15.9 Å². The normalized spacial score (nSPS) is 10.2. The molecule has 0 N–H and O–H groups in total. The van der Waals surface area contributed by atoms with Gasteiger partial charge in [0.2, 0.25) is 0 Å². The first-order chi connectivity index (χ1) is 8.09. The second-order valence-corrected chi connectivity index (χ2v) is 4.65. The van der Waals surface area contributed by atoms with Gasteiger partial charge in [0.15, 0.2) is 0 Å². The summed E-state index contributed by atoms with van der Waals surface area (Å²) in [5.74, 6) is 0. The highest BCUT2D eigenvalue weighted by Crippen LogP contribution is 2.32. The number of para-hydroxylation sites is 1. The van der Waals surface area contributed by atoms with Crippen LogP contribution in [-0.2, 0) is 0 Å². The molecule has 17 heavy (non-hydrogen) atoms. The van der Waals surface area contributed by atoms with Crippen LogP contribution in [0.25, 0.3) is 11.1 Å². The lowest BCUT2D eigenvalue weighted by molar-refractivity contribution is -0.384. The molecule has 2 aromatic carbocycles. The lowest BCUT2D eigenvalue weighted by Crippen LogP contribution is -1.94. The van der Waals surface area contributed by atoms with Crippen LogP contribution in [0.4, 0.5) is 5.69 Å². The molecule has 0 unspecified atom stereocenters. The summed E-state index contributed by atoms with van der Waals surface area (Å²) >= 11 is 3.35. The van der Waals surface area contributed by atoms with Crippen LogP contribution in [-0.4, -0.2) is 4.92 Å². The van der Waals surface area contributed by atoms with Crippen molar-refractivity contribution >= 4 is 21.6 Å². The van der Waals surface area contributed by atoms with Gasteiger partial charge in [-0.3, -0.25) is 10.1 Å². The number of halogens is 1. The summed E-state index contributed by atoms with van der Waals surface area (Å²) in [6.07, 6.45) is 0. The molecule has 0 spiro atoms. The third-order valence-corrected chi connectivity index (χ3v) is 3.10. The number of hydrogen-bond donors (Lipinski definition) is 0. The lowest BCUT2D eigenvalue weighted by atomic mass is 10.0. The highest BCUT2D eigenvalue weighted by atomic mass is 79.9. The van der Waals surface area contributed by atoms with Gasteiger partial charge in [-0.2, -0.15) is 0 Å². The highest BCUT2D eigenvalue weighted by molar-refractivity contribution is 9.10. The molecule has 2 aromatic rings. The van der Waals surface area contributed by atoms with E-state index < -0.39 is 0 Å². The predicted molar refractivity (Wildman–Crippen MR) is 71.0 cm³/mol. The molecule has 0 saturated carbocycles. The topological polar surface area (TPSA) is 43.1 Å². The average Bonchev–Trinajstić information content (AvgIpc) is 2.29. The Labute approximate surface area is 107 Å². The minimum absolute atomic E-state index is 0.176. The first-order valence-electron chi connectivity index (χ1n) is 5.09. The van der Waals surface area contributed by atoms with Crippen LogP contribution in [0, 0.1) is 17.0 Å². The summed E-state index contributed by atoms with van der Waals surface area (Å²) in [4.78, 5) is 10.8. The third-order valence-electron chi connectivity index (χ3n) is 2.58. The predicted octanol–water partition coefficient (Wildman–Crippen LogP) is 4.33. The van der Waals surface area contributed by atoms with Crippen molar-refractivity contribution in [3.63, 3.8) is 0 Å². The van der Waals surface area contributed by atoms with Crippen LogP contribution in [0.3, 0.4) is 0 Å². The molecule has 0 amide bonds. The van der Waals surface area contributed by atoms with Crippen molar-refractivity contribution in [2.45, 2.75) is 6.92 Å². The van der Waals surface area contributed by atoms with E-state index in [0.717, 1.165) is 10.0 Å². The Morgan fingerprint density at radius 2 is 1.76 bits per heavy atom. The summed E-state index contributed by atoms with van der Waals surface area (Å²) in [7, 11) is 0. The van der Waals surface area contributed by atoms with Crippen LogP contribution in [0.2, 0.25) is 0 Å². The SMILES string of the molecule is Cc1cccc(-c2ccc(Br)cc2)c1[N+](=O)[O-]. The molecule has 86 valence electrons. The Morgan fingerprint density at radius 3 is 2.35 bits per heavy atom. The molecule has 0 fully saturated rings. The minimum atomic E-state index is -0.327. The summed E-state index contributed by atoms with van der Waals surface area (Å²) in [5.41, 5.74) is 2.36. The van der Waals surface area contributed by atoms with Crippen molar-refractivity contribution in [2.75, 3.05) is 0 Å². The molecule has 2 rings (SSSR count). The maximum Gasteiger partial charge on any atom is 0.280 e. The zero-order valence-electron chi connectivity index (χ0n) is 9.18. The molecule has 0 saturated heterocycles. The van der Waals surface area contributed by atoms with Gasteiger partial charge >= 0.3 is 0 Å². The number of benzene rings is 2. The molecule has 0 aliphatic heterocycles. The van der Waals surface area contributed by atoms with Crippen molar-refractivity contribution in [1.29, 1.82) is 0 Å². The van der Waals surface area contributed by atoms with E-state index in [1.807, 2.05) is 30.3 Å². The Morgan fingerprint density at radius 1 is 1.12 bits per heavy atom. The highest BCUT2D eigenvalue weighted by Gasteiger charge is 2.17. The van der Waals surface area contributed by atoms with E-state index in [4.69, 9.17) is 0 Å². The number of nitro groups is 1. The first-order valence-corrected chi connectivity index (χ1v) is 5.89. The van der Waals surface area contributed by atoms with Gasteiger partial charge in [0.1, 0.15) is 0 Å². The van der Waals surface area contributed by atoms with Gasteiger partial charge in [0.05, 0.1) is 10.5 Å². The molecule has 0 radical (unpaired) electrons. The Balaban J connectivity index is 2.63. The van der Waals surface area contributed by atoms with E-state index in [-0.39, 0.29) is 10.6 Å². The Hall–Kier alpha value is -1.68. The fourth-order valence-electron chi connectivity index (χ4n) is 1.76. The van der Waals surface area contributed by atoms with Crippen LogP contribution >= 0.6 is 15.9 Å². The molecule has 3 nitrogen and oxygen atoms in total. The van der Waals surface area contributed by atoms with Gasteiger partial charge in [-0.25, -0.2) is 0 Å². The number of hydrogen-bond acceptors (Lipinski definition) is 2. The van der Waals surface area contributed by atoms with E-state index in [1.54, 1.807) is 19.1 Å². The molecule has 0 aliphatic carbocycles. The van der Waals surface area contributed by atoms with Gasteiger partial charge in [-0.05, 0) is 30.7 Å². The van der Waals surface area contributed by atoms with Crippen LogP contribution in [0.1, 0.15) is 5.56 Å². The second-order valence-electron chi connectivity index (χ2n) is 3.74. The van der Waals surface area contributed by atoms with Gasteiger partial charge in [0, 0.05) is 10.0 Å².